The minimum Gasteiger partial charge on any atom is -0.440 e. The number of aryl methyl sites for hydroxylation is 1. The van der Waals surface area contributed by atoms with Crippen LogP contribution in [0.4, 0.5) is 11.6 Å². The summed E-state index contributed by atoms with van der Waals surface area (Å²) in [6.07, 6.45) is 5.45. The first-order valence-corrected chi connectivity index (χ1v) is 14.2. The molecule has 0 spiro atoms. The molecule has 1 fully saturated rings. The highest BCUT2D eigenvalue weighted by Crippen LogP contribution is 2.36. The van der Waals surface area contributed by atoms with Gasteiger partial charge in [0, 0.05) is 35.9 Å². The van der Waals surface area contributed by atoms with E-state index in [1.807, 2.05) is 50.2 Å². The van der Waals surface area contributed by atoms with Crippen LogP contribution in [0, 0.1) is 19.3 Å². The van der Waals surface area contributed by atoms with Gasteiger partial charge in [-0.1, -0.05) is 32.0 Å². The standard InChI is InChI=1S/C32H35BN4O4/c1-19-15-24(30-25(16-19)29(38)20(2)31(40-30)37-13-10-32(4,5)11-14-37)21(3)36-27-7-6-12-34-28(27)22-8-9-26-23(17-22)18-35-41-33(26)39/h6-9,12,15-18,21,36,39H,10-11,13-14H2,1-5H3. The van der Waals surface area contributed by atoms with Crippen LogP contribution < -0.4 is 21.1 Å². The largest absolute Gasteiger partial charge is 0.583 e. The number of nitrogens with one attached hydrogen (secondary N) is 1. The molecule has 41 heavy (non-hydrogen) atoms. The van der Waals surface area contributed by atoms with Crippen molar-refractivity contribution in [3.05, 3.63) is 81.1 Å². The SMILES string of the molecule is Cc1cc(C(C)Nc2cccnc2-c2ccc3c(c2)C=NOB3O)c2oc(N3CCC(C)(C)CC3)c(C)c(=O)c2c1. The lowest BCUT2D eigenvalue weighted by molar-refractivity contribution is 0.274. The Kier molecular flexibility index (Phi) is 6.86. The summed E-state index contributed by atoms with van der Waals surface area (Å²) in [5, 5.41) is 18.1. The topological polar surface area (TPSA) is 100 Å². The molecule has 2 N–H and O–H groups in total. The van der Waals surface area contributed by atoms with Crippen LogP contribution in [0.15, 0.2) is 63.0 Å². The molecule has 6 rings (SSSR count). The summed E-state index contributed by atoms with van der Waals surface area (Å²) in [5.41, 5.74) is 7.44. The Morgan fingerprint density at radius 3 is 2.68 bits per heavy atom. The van der Waals surface area contributed by atoms with E-state index in [2.05, 4.69) is 47.2 Å². The molecule has 9 heteroatoms. The molecule has 0 radical (unpaired) electrons. The lowest BCUT2D eigenvalue weighted by Crippen LogP contribution is -2.38. The Bertz CT molecular complexity index is 1720. The van der Waals surface area contributed by atoms with Gasteiger partial charge >= 0.3 is 7.12 Å². The zero-order valence-corrected chi connectivity index (χ0v) is 24.2. The van der Waals surface area contributed by atoms with E-state index in [9.17, 15) is 9.82 Å². The van der Waals surface area contributed by atoms with Crippen molar-refractivity contribution in [2.75, 3.05) is 23.3 Å². The number of aromatic nitrogens is 1. The normalized spacial score (nSPS) is 16.8. The van der Waals surface area contributed by atoms with E-state index in [0.717, 1.165) is 59.6 Å². The highest BCUT2D eigenvalue weighted by Gasteiger charge is 2.29. The monoisotopic (exact) mass is 550 g/mol. The summed E-state index contributed by atoms with van der Waals surface area (Å²) in [6.45, 7) is 12.3. The number of rotatable bonds is 5. The molecule has 0 saturated carbocycles. The third-order valence-corrected chi connectivity index (χ3v) is 8.40. The molecule has 4 aromatic rings. The predicted octanol–water partition coefficient (Wildman–Crippen LogP) is 5.32. The number of nitrogens with zero attached hydrogens (tertiary/aromatic N) is 3. The summed E-state index contributed by atoms with van der Waals surface area (Å²) in [7, 11) is -1.08. The Hall–Kier alpha value is -4.11. The van der Waals surface area contributed by atoms with Gasteiger partial charge < -0.3 is 24.4 Å². The van der Waals surface area contributed by atoms with Gasteiger partial charge in [-0.15, -0.1) is 5.16 Å². The number of anilines is 2. The van der Waals surface area contributed by atoms with Crippen LogP contribution in [0.25, 0.3) is 22.2 Å². The van der Waals surface area contributed by atoms with Crippen molar-refractivity contribution >= 4 is 41.3 Å². The first-order chi connectivity index (χ1) is 19.6. The van der Waals surface area contributed by atoms with Gasteiger partial charge in [0.2, 0.25) is 5.88 Å². The van der Waals surface area contributed by atoms with Crippen LogP contribution in [0.3, 0.4) is 0 Å². The second kappa shape index (κ2) is 10.4. The van der Waals surface area contributed by atoms with Gasteiger partial charge in [-0.3, -0.25) is 9.78 Å². The average molecular weight is 550 g/mol. The number of benzene rings is 2. The highest BCUT2D eigenvalue weighted by molar-refractivity contribution is 6.62. The van der Waals surface area contributed by atoms with Gasteiger partial charge in [-0.05, 0) is 74.4 Å². The first-order valence-electron chi connectivity index (χ1n) is 14.2. The van der Waals surface area contributed by atoms with Crippen LogP contribution in [0.5, 0.6) is 0 Å². The van der Waals surface area contributed by atoms with Crippen LogP contribution >= 0.6 is 0 Å². The van der Waals surface area contributed by atoms with Crippen molar-refractivity contribution in [3.63, 3.8) is 0 Å². The van der Waals surface area contributed by atoms with E-state index in [4.69, 9.17) is 9.17 Å². The molecule has 2 aromatic heterocycles. The van der Waals surface area contributed by atoms with Crippen LogP contribution in [0.1, 0.15) is 61.9 Å². The zero-order valence-electron chi connectivity index (χ0n) is 24.2. The molecule has 1 saturated heterocycles. The van der Waals surface area contributed by atoms with Crippen molar-refractivity contribution in [1.29, 1.82) is 0 Å². The molecule has 2 aromatic carbocycles. The number of hydrogen-bond acceptors (Lipinski definition) is 8. The molecule has 0 bridgehead atoms. The van der Waals surface area contributed by atoms with Crippen molar-refractivity contribution in [3.8, 4) is 11.3 Å². The lowest BCUT2D eigenvalue weighted by Gasteiger charge is -2.37. The number of oxime groups is 1. The molecule has 0 aliphatic carbocycles. The number of hydrogen-bond donors (Lipinski definition) is 2. The van der Waals surface area contributed by atoms with E-state index in [-0.39, 0.29) is 11.5 Å². The molecular formula is C32H35BN4O4. The number of fused-ring (bicyclic) bond motifs is 2. The molecule has 2 aliphatic rings. The van der Waals surface area contributed by atoms with Crippen LogP contribution in [-0.4, -0.2) is 36.4 Å². The van der Waals surface area contributed by atoms with Gasteiger partial charge in [0.1, 0.15) is 5.58 Å². The summed E-state index contributed by atoms with van der Waals surface area (Å²) >= 11 is 0. The Morgan fingerprint density at radius 2 is 1.90 bits per heavy atom. The summed E-state index contributed by atoms with van der Waals surface area (Å²) in [4.78, 5) is 20.5. The van der Waals surface area contributed by atoms with Crippen LogP contribution in [-0.2, 0) is 4.76 Å². The number of pyridine rings is 1. The fraction of sp³-hybridized carbons (Fsp3) is 0.344. The smallest absolute Gasteiger partial charge is 0.440 e. The van der Waals surface area contributed by atoms with Crippen molar-refractivity contribution < 1.29 is 14.2 Å². The van der Waals surface area contributed by atoms with E-state index >= 15 is 0 Å². The van der Waals surface area contributed by atoms with Crippen molar-refractivity contribution in [2.24, 2.45) is 10.6 Å². The van der Waals surface area contributed by atoms with Gasteiger partial charge in [-0.25, -0.2) is 0 Å². The quantitative estimate of drug-likeness (QED) is 0.325. The number of piperidine rings is 1. The fourth-order valence-electron chi connectivity index (χ4n) is 5.82. The maximum absolute atomic E-state index is 13.6. The van der Waals surface area contributed by atoms with Crippen LogP contribution in [0.2, 0.25) is 0 Å². The van der Waals surface area contributed by atoms with E-state index in [1.54, 1.807) is 12.4 Å². The Labute approximate surface area is 240 Å². The van der Waals surface area contributed by atoms with Gasteiger partial charge in [-0.2, -0.15) is 0 Å². The van der Waals surface area contributed by atoms with Crippen molar-refractivity contribution in [2.45, 2.75) is 53.5 Å². The molecular weight excluding hydrogens is 515 g/mol. The summed E-state index contributed by atoms with van der Waals surface area (Å²) in [5.74, 6) is 0.680. The van der Waals surface area contributed by atoms with Gasteiger partial charge in [0.05, 0.1) is 34.6 Å². The molecule has 0 amide bonds. The van der Waals surface area contributed by atoms with E-state index < -0.39 is 7.12 Å². The molecule has 2 aliphatic heterocycles. The lowest BCUT2D eigenvalue weighted by atomic mass is 9.75. The maximum atomic E-state index is 13.6. The van der Waals surface area contributed by atoms with E-state index in [0.29, 0.717) is 33.3 Å². The summed E-state index contributed by atoms with van der Waals surface area (Å²) < 4.78 is 11.6. The van der Waals surface area contributed by atoms with Crippen molar-refractivity contribution in [1.82, 2.24) is 4.98 Å². The average Bonchev–Trinajstić information content (AvgIpc) is 2.95. The van der Waals surface area contributed by atoms with Gasteiger partial charge in [0.25, 0.3) is 0 Å². The molecule has 210 valence electrons. The minimum absolute atomic E-state index is 0.0205. The third kappa shape index (κ3) is 5.10. The second-order valence-electron chi connectivity index (χ2n) is 12.0. The molecule has 4 heterocycles. The fourth-order valence-corrected chi connectivity index (χ4v) is 5.82. The third-order valence-electron chi connectivity index (χ3n) is 8.40. The zero-order chi connectivity index (χ0) is 28.9. The maximum Gasteiger partial charge on any atom is 0.583 e. The highest BCUT2D eigenvalue weighted by atomic mass is 16.6. The molecule has 1 unspecified atom stereocenters. The molecule has 8 nitrogen and oxygen atoms in total. The van der Waals surface area contributed by atoms with Gasteiger partial charge in [0.15, 0.2) is 5.43 Å². The summed E-state index contributed by atoms with van der Waals surface area (Å²) in [6, 6.07) is 13.4. The first kappa shape index (κ1) is 27.1. The second-order valence-corrected chi connectivity index (χ2v) is 12.0. The minimum atomic E-state index is -1.08. The van der Waals surface area contributed by atoms with E-state index in [1.165, 1.54) is 0 Å². The Morgan fingerprint density at radius 1 is 1.12 bits per heavy atom. The predicted molar refractivity (Wildman–Crippen MR) is 165 cm³/mol. The molecule has 1 atom stereocenters. The Balaban J connectivity index is 1.38.